The Hall–Kier alpha value is -2.25. The van der Waals surface area contributed by atoms with Gasteiger partial charge in [-0.25, -0.2) is 14.8 Å². The van der Waals surface area contributed by atoms with Crippen molar-refractivity contribution in [2.45, 2.75) is 53.0 Å². The predicted octanol–water partition coefficient (Wildman–Crippen LogP) is 2.74. The number of rotatable bonds is 3. The van der Waals surface area contributed by atoms with Crippen LogP contribution in [0, 0.1) is 10.8 Å². The Morgan fingerprint density at radius 2 is 1.86 bits per heavy atom. The van der Waals surface area contributed by atoms with Crippen molar-refractivity contribution in [3.05, 3.63) is 6.33 Å². The number of amides is 1. The first-order valence-electron chi connectivity index (χ1n) is 10.8. The maximum atomic E-state index is 12.0. The number of piperazine rings is 1. The fraction of sp³-hybridized carbons (Fsp3) is 0.762. The molecule has 0 spiro atoms. The van der Waals surface area contributed by atoms with Crippen molar-refractivity contribution < 1.29 is 9.53 Å². The van der Waals surface area contributed by atoms with Gasteiger partial charge >= 0.3 is 6.09 Å². The third-order valence-corrected chi connectivity index (χ3v) is 6.63. The summed E-state index contributed by atoms with van der Waals surface area (Å²) in [5, 5.41) is 0. The number of nitrogen functional groups attached to an aromatic ring is 1. The molecule has 4 rings (SSSR count). The Kier molecular flexibility index (Phi) is 4.99. The van der Waals surface area contributed by atoms with Crippen LogP contribution in [-0.2, 0) is 4.74 Å². The Bertz CT molecular complexity index is 776. The minimum atomic E-state index is -0.247. The molecule has 0 radical (unpaired) electrons. The second-order valence-corrected chi connectivity index (χ2v) is 9.95. The van der Waals surface area contributed by atoms with E-state index in [0.29, 0.717) is 55.3 Å². The molecule has 160 valence electrons. The van der Waals surface area contributed by atoms with Gasteiger partial charge < -0.3 is 25.2 Å². The van der Waals surface area contributed by atoms with Crippen molar-refractivity contribution in [1.29, 1.82) is 0 Å². The second kappa shape index (κ2) is 7.22. The standard InChI is InChI=1S/C21H34N6O2/c1-5-29-19(28)26-8-6-25(7-9-26)17-16(22)18(24-14-23-17)27-13-21(4)11-15(27)10-20(2,3)12-21/h14-15H,5-13,22H2,1-4H3. The SMILES string of the molecule is CCOC(=O)N1CCN(c2ncnc(N3CC4(C)CC3CC(C)(C)C4)c2N)CC1. The summed E-state index contributed by atoms with van der Waals surface area (Å²) in [6.45, 7) is 13.0. The molecule has 2 N–H and O–H groups in total. The normalized spacial score (nSPS) is 28.6. The number of nitrogens with two attached hydrogens (primary N) is 1. The molecule has 2 saturated heterocycles. The van der Waals surface area contributed by atoms with Crippen LogP contribution in [0.15, 0.2) is 6.33 Å². The first-order chi connectivity index (χ1) is 13.7. The number of anilines is 3. The van der Waals surface area contributed by atoms with Gasteiger partial charge in [0.15, 0.2) is 11.6 Å². The van der Waals surface area contributed by atoms with E-state index < -0.39 is 0 Å². The van der Waals surface area contributed by atoms with Crippen LogP contribution in [-0.4, -0.2) is 66.3 Å². The number of hydrogen-bond acceptors (Lipinski definition) is 7. The van der Waals surface area contributed by atoms with Gasteiger partial charge in [-0.15, -0.1) is 0 Å². The van der Waals surface area contributed by atoms with Crippen LogP contribution in [0.5, 0.6) is 0 Å². The maximum Gasteiger partial charge on any atom is 0.409 e. The smallest absolute Gasteiger partial charge is 0.409 e. The van der Waals surface area contributed by atoms with Crippen LogP contribution >= 0.6 is 0 Å². The van der Waals surface area contributed by atoms with Crippen molar-refractivity contribution in [3.8, 4) is 0 Å². The summed E-state index contributed by atoms with van der Waals surface area (Å²) in [5.74, 6) is 1.65. The van der Waals surface area contributed by atoms with E-state index in [-0.39, 0.29) is 6.09 Å². The Balaban J connectivity index is 1.51. The van der Waals surface area contributed by atoms with Gasteiger partial charge in [-0.2, -0.15) is 0 Å². The van der Waals surface area contributed by atoms with Crippen molar-refractivity contribution in [2.75, 3.05) is 54.9 Å². The molecule has 3 heterocycles. The van der Waals surface area contributed by atoms with Gasteiger partial charge in [-0.3, -0.25) is 0 Å². The number of ether oxygens (including phenoxy) is 1. The zero-order valence-electron chi connectivity index (χ0n) is 18.1. The average molecular weight is 403 g/mol. The van der Waals surface area contributed by atoms with Crippen LogP contribution in [0.4, 0.5) is 22.1 Å². The highest BCUT2D eigenvalue weighted by Crippen LogP contribution is 2.54. The average Bonchev–Trinajstić information content (AvgIpc) is 2.91. The lowest BCUT2D eigenvalue weighted by Gasteiger charge is -2.39. The summed E-state index contributed by atoms with van der Waals surface area (Å²) in [4.78, 5) is 27.4. The molecule has 2 unspecified atom stereocenters. The number of hydrogen-bond donors (Lipinski definition) is 1. The summed E-state index contributed by atoms with van der Waals surface area (Å²) >= 11 is 0. The topological polar surface area (TPSA) is 87.8 Å². The van der Waals surface area contributed by atoms with Gasteiger partial charge in [0.1, 0.15) is 12.0 Å². The summed E-state index contributed by atoms with van der Waals surface area (Å²) in [5.41, 5.74) is 7.94. The number of fused-ring (bicyclic) bond motifs is 2. The summed E-state index contributed by atoms with van der Waals surface area (Å²) < 4.78 is 5.11. The zero-order valence-corrected chi connectivity index (χ0v) is 18.1. The molecule has 8 nitrogen and oxygen atoms in total. The summed E-state index contributed by atoms with van der Waals surface area (Å²) in [7, 11) is 0. The van der Waals surface area contributed by atoms with Crippen molar-refractivity contribution in [1.82, 2.24) is 14.9 Å². The van der Waals surface area contributed by atoms with Gasteiger partial charge in [-0.05, 0) is 37.0 Å². The Labute approximate surface area is 173 Å². The molecule has 3 fully saturated rings. The largest absolute Gasteiger partial charge is 0.450 e. The highest BCUT2D eigenvalue weighted by atomic mass is 16.6. The highest BCUT2D eigenvalue weighted by molar-refractivity contribution is 5.77. The van der Waals surface area contributed by atoms with E-state index in [0.717, 1.165) is 18.2 Å². The lowest BCUT2D eigenvalue weighted by Crippen LogP contribution is -2.49. The number of carbonyl (C=O) groups excluding carboxylic acids is 1. The molecule has 2 bridgehead atoms. The number of nitrogens with zero attached hydrogens (tertiary/aromatic N) is 5. The third-order valence-electron chi connectivity index (χ3n) is 6.63. The molecule has 1 aromatic heterocycles. The Morgan fingerprint density at radius 3 is 2.55 bits per heavy atom. The molecule has 1 aromatic rings. The van der Waals surface area contributed by atoms with E-state index in [1.54, 1.807) is 11.2 Å². The van der Waals surface area contributed by atoms with Crippen molar-refractivity contribution >= 4 is 23.4 Å². The maximum absolute atomic E-state index is 12.0. The second-order valence-electron chi connectivity index (χ2n) is 9.95. The minimum absolute atomic E-state index is 0.247. The monoisotopic (exact) mass is 402 g/mol. The molecular formula is C21H34N6O2. The van der Waals surface area contributed by atoms with Gasteiger partial charge in [0.25, 0.3) is 0 Å². The van der Waals surface area contributed by atoms with E-state index in [2.05, 4.69) is 40.5 Å². The molecule has 3 aliphatic rings. The minimum Gasteiger partial charge on any atom is -0.450 e. The molecule has 2 atom stereocenters. The molecule has 8 heteroatoms. The number of carbonyl (C=O) groups is 1. The third kappa shape index (κ3) is 3.81. The lowest BCUT2D eigenvalue weighted by molar-refractivity contribution is 0.105. The summed E-state index contributed by atoms with van der Waals surface area (Å²) in [6.07, 6.45) is 4.99. The van der Waals surface area contributed by atoms with E-state index in [9.17, 15) is 4.79 Å². The fourth-order valence-electron chi connectivity index (χ4n) is 5.88. The van der Waals surface area contributed by atoms with Gasteiger partial charge in [0, 0.05) is 38.8 Å². The molecule has 1 amide bonds. The predicted molar refractivity (Wildman–Crippen MR) is 114 cm³/mol. The van der Waals surface area contributed by atoms with E-state index in [1.165, 1.54) is 19.3 Å². The van der Waals surface area contributed by atoms with E-state index >= 15 is 0 Å². The Morgan fingerprint density at radius 1 is 1.17 bits per heavy atom. The first-order valence-corrected chi connectivity index (χ1v) is 10.8. The number of aromatic nitrogens is 2. The quantitative estimate of drug-likeness (QED) is 0.832. The van der Waals surface area contributed by atoms with Crippen LogP contribution in [0.3, 0.4) is 0 Å². The van der Waals surface area contributed by atoms with Gasteiger partial charge in [0.05, 0.1) is 6.61 Å². The molecule has 1 saturated carbocycles. The zero-order chi connectivity index (χ0) is 20.8. The lowest BCUT2D eigenvalue weighted by atomic mass is 9.65. The van der Waals surface area contributed by atoms with Crippen molar-refractivity contribution in [2.24, 2.45) is 10.8 Å². The van der Waals surface area contributed by atoms with Crippen LogP contribution < -0.4 is 15.5 Å². The fourth-order valence-corrected chi connectivity index (χ4v) is 5.88. The van der Waals surface area contributed by atoms with Gasteiger partial charge in [-0.1, -0.05) is 20.8 Å². The van der Waals surface area contributed by atoms with Gasteiger partial charge in [0.2, 0.25) is 0 Å². The highest BCUT2D eigenvalue weighted by Gasteiger charge is 2.50. The van der Waals surface area contributed by atoms with Crippen LogP contribution in [0.1, 0.15) is 47.0 Å². The molecule has 29 heavy (non-hydrogen) atoms. The molecule has 1 aliphatic carbocycles. The molecule has 0 aromatic carbocycles. The van der Waals surface area contributed by atoms with Crippen molar-refractivity contribution in [3.63, 3.8) is 0 Å². The van der Waals surface area contributed by atoms with E-state index in [1.807, 2.05) is 6.92 Å². The molecular weight excluding hydrogens is 368 g/mol. The van der Waals surface area contributed by atoms with Crippen LogP contribution in [0.2, 0.25) is 0 Å². The van der Waals surface area contributed by atoms with Crippen LogP contribution in [0.25, 0.3) is 0 Å². The molecule has 2 aliphatic heterocycles. The van der Waals surface area contributed by atoms with E-state index in [4.69, 9.17) is 10.5 Å². The summed E-state index contributed by atoms with van der Waals surface area (Å²) in [6, 6.07) is 0.481. The first kappa shape index (κ1) is 20.0.